The highest BCUT2D eigenvalue weighted by Gasteiger charge is 2.31. The van der Waals surface area contributed by atoms with Gasteiger partial charge in [-0.05, 0) is 42.8 Å². The van der Waals surface area contributed by atoms with Crippen LogP contribution in [0, 0.1) is 6.92 Å². The summed E-state index contributed by atoms with van der Waals surface area (Å²) in [7, 11) is 0. The Morgan fingerprint density at radius 3 is 2.46 bits per heavy atom. The summed E-state index contributed by atoms with van der Waals surface area (Å²) in [6, 6.07) is 14.4. The minimum absolute atomic E-state index is 0.0891. The predicted molar refractivity (Wildman–Crippen MR) is 96.2 cm³/mol. The molecule has 2 aliphatic rings. The second kappa shape index (κ2) is 4.75. The third-order valence-corrected chi connectivity index (χ3v) is 5.05. The topological polar surface area (TPSA) is 21.5 Å². The quantitative estimate of drug-likeness (QED) is 0.362. The van der Waals surface area contributed by atoms with E-state index in [1.54, 1.807) is 12.1 Å². The van der Waals surface area contributed by atoms with E-state index in [1.807, 2.05) is 29.5 Å². The van der Waals surface area contributed by atoms with Gasteiger partial charge in [-0.25, -0.2) is 0 Å². The average molecular weight is 351 g/mol. The highest BCUT2D eigenvalue weighted by molar-refractivity contribution is 6.17. The Bertz CT molecular complexity index is 1350. The number of hydrogen-bond acceptors (Lipinski definition) is 1. The van der Waals surface area contributed by atoms with Gasteiger partial charge in [-0.2, -0.15) is 13.2 Å². The molecule has 0 fully saturated rings. The number of rotatable bonds is 0. The molecule has 0 aliphatic heterocycles. The van der Waals surface area contributed by atoms with Crippen LogP contribution in [-0.4, -0.2) is 4.40 Å². The molecule has 0 N–H and O–H groups in total. The highest BCUT2D eigenvalue weighted by Crippen LogP contribution is 2.40. The van der Waals surface area contributed by atoms with Gasteiger partial charge in [0.15, 0.2) is 5.43 Å². The molecule has 26 heavy (non-hydrogen) atoms. The van der Waals surface area contributed by atoms with Crippen LogP contribution in [0.2, 0.25) is 0 Å². The molecule has 3 aromatic rings. The van der Waals surface area contributed by atoms with Gasteiger partial charge in [0.2, 0.25) is 0 Å². The minimum atomic E-state index is -4.40. The van der Waals surface area contributed by atoms with Gasteiger partial charge >= 0.3 is 6.18 Å². The summed E-state index contributed by atoms with van der Waals surface area (Å²) in [5, 5.41) is 2.02. The van der Waals surface area contributed by atoms with Gasteiger partial charge in [0.1, 0.15) is 0 Å². The van der Waals surface area contributed by atoms with Crippen LogP contribution in [0.4, 0.5) is 13.2 Å². The van der Waals surface area contributed by atoms with Gasteiger partial charge < -0.3 is 4.40 Å². The van der Waals surface area contributed by atoms with Crippen molar-refractivity contribution in [3.05, 3.63) is 76.1 Å². The molecular formula is C21H12F3NO. The zero-order valence-corrected chi connectivity index (χ0v) is 13.7. The van der Waals surface area contributed by atoms with Gasteiger partial charge in [-0.3, -0.25) is 4.79 Å². The summed E-state index contributed by atoms with van der Waals surface area (Å²) in [4.78, 5) is 12.5. The molecule has 0 saturated carbocycles. The summed E-state index contributed by atoms with van der Waals surface area (Å²) in [5.41, 5.74) is 3.00. The normalized spacial score (nSPS) is 12.8. The van der Waals surface area contributed by atoms with E-state index < -0.39 is 11.7 Å². The van der Waals surface area contributed by atoms with Crippen molar-refractivity contribution in [1.82, 2.24) is 4.40 Å². The van der Waals surface area contributed by atoms with Crippen molar-refractivity contribution < 1.29 is 13.2 Å². The fraction of sp³-hybridized carbons (Fsp3) is 0.0952. The molecule has 0 saturated heterocycles. The van der Waals surface area contributed by atoms with Crippen LogP contribution in [0.15, 0.2) is 59.4 Å². The van der Waals surface area contributed by atoms with E-state index in [0.717, 1.165) is 28.2 Å². The lowest BCUT2D eigenvalue weighted by molar-refractivity contribution is -0.137. The molecule has 0 radical (unpaired) electrons. The number of fused-ring (bicyclic) bond motifs is 5. The number of aromatic nitrogens is 1. The molecule has 2 aromatic heterocycles. The molecule has 0 bridgehead atoms. The molecular weight excluding hydrogens is 339 g/mol. The lowest BCUT2D eigenvalue weighted by atomic mass is 10.0. The lowest BCUT2D eigenvalue weighted by Crippen LogP contribution is -2.04. The first-order valence-corrected chi connectivity index (χ1v) is 8.16. The molecule has 128 valence electrons. The summed E-state index contributed by atoms with van der Waals surface area (Å²) < 4.78 is 41.5. The van der Waals surface area contributed by atoms with Gasteiger partial charge in [-0.15, -0.1) is 0 Å². The molecule has 0 amide bonds. The maximum absolute atomic E-state index is 13.2. The van der Waals surface area contributed by atoms with E-state index in [4.69, 9.17) is 0 Å². The highest BCUT2D eigenvalue weighted by atomic mass is 19.4. The largest absolute Gasteiger partial charge is 0.416 e. The van der Waals surface area contributed by atoms with E-state index in [2.05, 4.69) is 0 Å². The fourth-order valence-electron chi connectivity index (χ4n) is 3.97. The summed E-state index contributed by atoms with van der Waals surface area (Å²) in [6.07, 6.45) is -4.40. The molecule has 2 aliphatic carbocycles. The molecule has 0 atom stereocenters. The number of halogens is 3. The van der Waals surface area contributed by atoms with Crippen molar-refractivity contribution in [2.24, 2.45) is 0 Å². The first kappa shape index (κ1) is 15.2. The summed E-state index contributed by atoms with van der Waals surface area (Å²) in [5.74, 6) is 0. The monoisotopic (exact) mass is 351 g/mol. The van der Waals surface area contributed by atoms with E-state index >= 15 is 0 Å². The van der Waals surface area contributed by atoms with Crippen LogP contribution in [0.3, 0.4) is 0 Å². The fourth-order valence-corrected chi connectivity index (χ4v) is 3.97. The summed E-state index contributed by atoms with van der Waals surface area (Å²) >= 11 is 0. The second-order valence-corrected chi connectivity index (χ2v) is 6.58. The first-order valence-electron chi connectivity index (χ1n) is 8.16. The van der Waals surface area contributed by atoms with Crippen LogP contribution >= 0.6 is 0 Å². The Balaban J connectivity index is 2.09. The third kappa shape index (κ3) is 1.85. The number of alkyl halides is 3. The van der Waals surface area contributed by atoms with Crippen LogP contribution < -0.4 is 5.43 Å². The van der Waals surface area contributed by atoms with Crippen molar-refractivity contribution in [1.29, 1.82) is 0 Å². The molecule has 5 heteroatoms. The molecule has 0 spiro atoms. The third-order valence-electron chi connectivity index (χ3n) is 5.05. The van der Waals surface area contributed by atoms with Crippen molar-refractivity contribution in [3.63, 3.8) is 0 Å². The Morgan fingerprint density at radius 1 is 0.885 bits per heavy atom. The average Bonchev–Trinajstić information content (AvgIpc) is 3.02. The maximum atomic E-state index is 13.2. The maximum Gasteiger partial charge on any atom is 0.416 e. The van der Waals surface area contributed by atoms with Crippen LogP contribution in [0.1, 0.15) is 11.3 Å². The number of nitrogens with zero attached hydrogens (tertiary/aromatic N) is 1. The smallest absolute Gasteiger partial charge is 0.313 e. The predicted octanol–water partition coefficient (Wildman–Crippen LogP) is 5.48. The Labute approximate surface area is 145 Å². The zero-order chi connectivity index (χ0) is 18.2. The van der Waals surface area contributed by atoms with Crippen molar-refractivity contribution in [3.8, 4) is 11.1 Å². The van der Waals surface area contributed by atoms with Gasteiger partial charge in [0.05, 0.1) is 16.6 Å². The van der Waals surface area contributed by atoms with Crippen LogP contribution in [-0.2, 0) is 6.18 Å². The zero-order valence-electron chi connectivity index (χ0n) is 13.7. The Kier molecular flexibility index (Phi) is 2.78. The first-order chi connectivity index (χ1) is 12.4. The molecule has 2 heterocycles. The number of hydrogen-bond donors (Lipinski definition) is 0. The van der Waals surface area contributed by atoms with E-state index in [-0.39, 0.29) is 5.43 Å². The lowest BCUT2D eigenvalue weighted by Gasteiger charge is -2.06. The SMILES string of the molecule is Cc1cc2c3c(=O)cccc-3ccc3c4cc(C(F)(F)F)ccc4n1c23. The number of benzene rings is 2. The van der Waals surface area contributed by atoms with Crippen molar-refractivity contribution >= 4 is 27.2 Å². The van der Waals surface area contributed by atoms with Gasteiger partial charge in [0.25, 0.3) is 0 Å². The molecule has 2 nitrogen and oxygen atoms in total. The standard InChI is InChI=1S/C21H12F3NO/c1-11-9-16-19-12(3-2-4-18(19)26)5-7-14-15-10-13(21(22,23)24)6-8-17(15)25(11)20(14)16/h2-10H,1H3. The number of aryl methyl sites for hydroxylation is 1. The van der Waals surface area contributed by atoms with Crippen LogP contribution in [0.5, 0.6) is 0 Å². The molecule has 5 rings (SSSR count). The van der Waals surface area contributed by atoms with Crippen LogP contribution in [0.25, 0.3) is 38.3 Å². The Morgan fingerprint density at radius 2 is 1.69 bits per heavy atom. The molecule has 1 aromatic carbocycles. The van der Waals surface area contributed by atoms with Crippen molar-refractivity contribution in [2.45, 2.75) is 13.1 Å². The Hall–Kier alpha value is -3.08. The van der Waals surface area contributed by atoms with E-state index in [1.165, 1.54) is 18.2 Å². The van der Waals surface area contributed by atoms with Gasteiger partial charge in [-0.1, -0.05) is 24.3 Å². The molecule has 0 unspecified atom stereocenters. The minimum Gasteiger partial charge on any atom is -0.313 e. The van der Waals surface area contributed by atoms with E-state index in [0.29, 0.717) is 21.9 Å². The van der Waals surface area contributed by atoms with E-state index in [9.17, 15) is 18.0 Å². The van der Waals surface area contributed by atoms with Gasteiger partial charge in [0, 0.05) is 27.4 Å². The second-order valence-electron chi connectivity index (χ2n) is 6.58. The summed E-state index contributed by atoms with van der Waals surface area (Å²) in [6.45, 7) is 1.90. The van der Waals surface area contributed by atoms with Crippen molar-refractivity contribution in [2.75, 3.05) is 0 Å².